The number of hydrogen-bond acceptors (Lipinski definition) is 6. The molecule has 0 bridgehead atoms. The van der Waals surface area contributed by atoms with E-state index in [2.05, 4.69) is 40.6 Å². The average Bonchev–Trinajstić information content (AvgIpc) is 2.38. The van der Waals surface area contributed by atoms with Crippen LogP contribution < -0.4 is 10.6 Å². The van der Waals surface area contributed by atoms with Crippen molar-refractivity contribution in [2.24, 2.45) is 0 Å². The molecule has 6 nitrogen and oxygen atoms in total. The van der Waals surface area contributed by atoms with Crippen molar-refractivity contribution in [2.75, 3.05) is 30.4 Å². The van der Waals surface area contributed by atoms with Crippen molar-refractivity contribution in [1.29, 1.82) is 0 Å². The third-order valence-electron chi connectivity index (χ3n) is 3.13. The Kier molecular flexibility index (Phi) is 3.96. The Morgan fingerprint density at radius 2 is 2.17 bits per heavy atom. The van der Waals surface area contributed by atoms with Crippen molar-refractivity contribution in [3.05, 3.63) is 5.82 Å². The van der Waals surface area contributed by atoms with Crippen LogP contribution in [0.25, 0.3) is 0 Å². The zero-order chi connectivity index (χ0) is 13.1. The Hall–Kier alpha value is -1.43. The van der Waals surface area contributed by atoms with Crippen LogP contribution in [0, 0.1) is 0 Å². The summed E-state index contributed by atoms with van der Waals surface area (Å²) in [6.07, 6.45) is 1.00. The first-order valence-corrected chi connectivity index (χ1v) is 6.47. The molecule has 100 valence electrons. The highest BCUT2D eigenvalue weighted by Gasteiger charge is 2.24. The van der Waals surface area contributed by atoms with Crippen LogP contribution >= 0.6 is 0 Å². The summed E-state index contributed by atoms with van der Waals surface area (Å²) in [6, 6.07) is 0.320. The minimum atomic E-state index is 0.246. The van der Waals surface area contributed by atoms with Gasteiger partial charge in [-0.05, 0) is 6.42 Å². The van der Waals surface area contributed by atoms with Crippen LogP contribution in [-0.2, 0) is 4.74 Å². The summed E-state index contributed by atoms with van der Waals surface area (Å²) in [7, 11) is 0. The molecule has 1 aromatic heterocycles. The molecular weight excluding hydrogens is 230 g/mol. The first-order chi connectivity index (χ1) is 8.61. The number of aromatic nitrogens is 3. The number of nitrogen functional groups attached to an aromatic ring is 1. The smallest absolute Gasteiger partial charge is 0.230 e. The number of nitrogens with two attached hydrogens (primary N) is 1. The minimum Gasteiger partial charge on any atom is -0.377 e. The molecule has 1 aliphatic rings. The Morgan fingerprint density at radius 3 is 2.83 bits per heavy atom. The number of rotatable bonds is 3. The summed E-state index contributed by atoms with van der Waals surface area (Å²) in [4.78, 5) is 15.1. The Morgan fingerprint density at radius 1 is 1.39 bits per heavy atom. The van der Waals surface area contributed by atoms with Gasteiger partial charge < -0.3 is 15.4 Å². The SMILES string of the molecule is CCC1COCCN1c1nc(N)nc(C(C)C)n1. The highest BCUT2D eigenvalue weighted by Crippen LogP contribution is 2.20. The quantitative estimate of drug-likeness (QED) is 0.869. The predicted octanol–water partition coefficient (Wildman–Crippen LogP) is 1.19. The summed E-state index contributed by atoms with van der Waals surface area (Å²) >= 11 is 0. The van der Waals surface area contributed by atoms with Crippen LogP contribution in [0.1, 0.15) is 38.9 Å². The Labute approximate surface area is 108 Å². The molecule has 0 spiro atoms. The molecule has 2 heterocycles. The van der Waals surface area contributed by atoms with Gasteiger partial charge in [-0.2, -0.15) is 15.0 Å². The van der Waals surface area contributed by atoms with E-state index < -0.39 is 0 Å². The second-order valence-corrected chi connectivity index (χ2v) is 4.84. The average molecular weight is 251 g/mol. The summed E-state index contributed by atoms with van der Waals surface area (Å²) in [5, 5.41) is 0. The van der Waals surface area contributed by atoms with E-state index in [1.54, 1.807) is 0 Å². The molecule has 2 rings (SSSR count). The molecular formula is C12H21N5O. The van der Waals surface area contributed by atoms with Crippen LogP contribution in [0.15, 0.2) is 0 Å². The molecule has 18 heavy (non-hydrogen) atoms. The number of morpholine rings is 1. The third kappa shape index (κ3) is 2.69. The van der Waals surface area contributed by atoms with Gasteiger partial charge in [-0.15, -0.1) is 0 Å². The maximum atomic E-state index is 5.77. The van der Waals surface area contributed by atoms with Crippen LogP contribution in [0.2, 0.25) is 0 Å². The summed E-state index contributed by atoms with van der Waals surface area (Å²) in [5.74, 6) is 1.97. The second kappa shape index (κ2) is 5.48. The van der Waals surface area contributed by atoms with Crippen molar-refractivity contribution in [2.45, 2.75) is 39.2 Å². The second-order valence-electron chi connectivity index (χ2n) is 4.84. The predicted molar refractivity (Wildman–Crippen MR) is 70.6 cm³/mol. The van der Waals surface area contributed by atoms with Gasteiger partial charge in [-0.3, -0.25) is 0 Å². The molecule has 0 aromatic carbocycles. The standard InChI is InChI=1S/C12H21N5O/c1-4-9-7-18-6-5-17(9)12-15-10(8(2)3)14-11(13)16-12/h8-9H,4-7H2,1-3H3,(H2,13,14,15,16). The summed E-state index contributed by atoms with van der Waals surface area (Å²) in [6.45, 7) is 8.47. The van der Waals surface area contributed by atoms with Crippen LogP contribution in [-0.4, -0.2) is 40.8 Å². The van der Waals surface area contributed by atoms with E-state index in [1.165, 1.54) is 0 Å². The zero-order valence-corrected chi connectivity index (χ0v) is 11.3. The first-order valence-electron chi connectivity index (χ1n) is 6.47. The maximum absolute atomic E-state index is 5.77. The Bertz CT molecular complexity index is 409. The first kappa shape index (κ1) is 13.0. The Balaban J connectivity index is 2.30. The molecule has 1 atom stereocenters. The van der Waals surface area contributed by atoms with E-state index in [9.17, 15) is 0 Å². The fourth-order valence-corrected chi connectivity index (χ4v) is 2.04. The normalized spacial score (nSPS) is 20.4. The van der Waals surface area contributed by atoms with Gasteiger partial charge in [0.1, 0.15) is 5.82 Å². The van der Waals surface area contributed by atoms with E-state index in [4.69, 9.17) is 10.5 Å². The van der Waals surface area contributed by atoms with Crippen molar-refractivity contribution >= 4 is 11.9 Å². The van der Waals surface area contributed by atoms with E-state index in [1.807, 2.05) is 0 Å². The molecule has 1 aromatic rings. The van der Waals surface area contributed by atoms with Crippen molar-refractivity contribution < 1.29 is 4.74 Å². The lowest BCUT2D eigenvalue weighted by Crippen LogP contribution is -2.46. The molecule has 0 radical (unpaired) electrons. The van der Waals surface area contributed by atoms with E-state index >= 15 is 0 Å². The summed E-state index contributed by atoms with van der Waals surface area (Å²) in [5.41, 5.74) is 5.77. The van der Waals surface area contributed by atoms with Gasteiger partial charge in [0.05, 0.1) is 19.3 Å². The van der Waals surface area contributed by atoms with Gasteiger partial charge in [0.2, 0.25) is 11.9 Å². The van der Waals surface area contributed by atoms with Crippen LogP contribution in [0.4, 0.5) is 11.9 Å². The number of ether oxygens (including phenoxy) is 1. The van der Waals surface area contributed by atoms with E-state index in [0.29, 0.717) is 24.5 Å². The lowest BCUT2D eigenvalue weighted by molar-refractivity contribution is 0.0920. The minimum absolute atomic E-state index is 0.246. The van der Waals surface area contributed by atoms with E-state index in [-0.39, 0.29) is 5.92 Å². The van der Waals surface area contributed by atoms with Gasteiger partial charge in [0.25, 0.3) is 0 Å². The van der Waals surface area contributed by atoms with Gasteiger partial charge in [-0.1, -0.05) is 20.8 Å². The van der Waals surface area contributed by atoms with Gasteiger partial charge >= 0.3 is 0 Å². The molecule has 0 aliphatic carbocycles. The highest BCUT2D eigenvalue weighted by molar-refractivity contribution is 5.37. The molecule has 1 aliphatic heterocycles. The maximum Gasteiger partial charge on any atom is 0.230 e. The van der Waals surface area contributed by atoms with Crippen LogP contribution in [0.5, 0.6) is 0 Å². The molecule has 1 unspecified atom stereocenters. The largest absolute Gasteiger partial charge is 0.377 e. The molecule has 1 fully saturated rings. The highest BCUT2D eigenvalue weighted by atomic mass is 16.5. The third-order valence-corrected chi connectivity index (χ3v) is 3.13. The summed E-state index contributed by atoms with van der Waals surface area (Å²) < 4.78 is 5.49. The topological polar surface area (TPSA) is 77.2 Å². The monoisotopic (exact) mass is 251 g/mol. The lowest BCUT2D eigenvalue weighted by atomic mass is 10.2. The van der Waals surface area contributed by atoms with Crippen molar-refractivity contribution in [3.8, 4) is 0 Å². The fourth-order valence-electron chi connectivity index (χ4n) is 2.04. The lowest BCUT2D eigenvalue weighted by Gasteiger charge is -2.35. The van der Waals surface area contributed by atoms with Gasteiger partial charge in [0, 0.05) is 12.5 Å². The molecule has 6 heteroatoms. The number of anilines is 2. The number of hydrogen-bond donors (Lipinski definition) is 1. The molecule has 0 saturated carbocycles. The zero-order valence-electron chi connectivity index (χ0n) is 11.3. The molecule has 1 saturated heterocycles. The molecule has 2 N–H and O–H groups in total. The van der Waals surface area contributed by atoms with Gasteiger partial charge in [0.15, 0.2) is 0 Å². The van der Waals surface area contributed by atoms with Crippen LogP contribution in [0.3, 0.4) is 0 Å². The number of nitrogens with zero attached hydrogens (tertiary/aromatic N) is 4. The van der Waals surface area contributed by atoms with Crippen molar-refractivity contribution in [3.63, 3.8) is 0 Å². The fraction of sp³-hybridized carbons (Fsp3) is 0.750. The van der Waals surface area contributed by atoms with Crippen molar-refractivity contribution in [1.82, 2.24) is 15.0 Å². The van der Waals surface area contributed by atoms with E-state index in [0.717, 1.165) is 25.4 Å². The van der Waals surface area contributed by atoms with Gasteiger partial charge in [-0.25, -0.2) is 0 Å². The molecule has 0 amide bonds.